The van der Waals surface area contributed by atoms with Gasteiger partial charge in [-0.3, -0.25) is 29.0 Å². The molecule has 5 rings (SSSR count). The lowest BCUT2D eigenvalue weighted by Gasteiger charge is -2.37. The molecule has 15 nitrogen and oxygen atoms in total. The van der Waals surface area contributed by atoms with Crippen LogP contribution in [-0.2, 0) is 43.2 Å². The molecule has 0 spiro atoms. The first kappa shape index (κ1) is 39.0. The molecule has 1 unspecified atom stereocenters. The number of pyridine rings is 1. The summed E-state index contributed by atoms with van der Waals surface area (Å²) < 4.78 is 0. The maximum Gasteiger partial charge on any atom is 0.243 e. The number of primary amides is 1. The van der Waals surface area contributed by atoms with E-state index in [4.69, 9.17) is 11.5 Å². The smallest absolute Gasteiger partial charge is 0.243 e. The number of aromatic hydroxyl groups is 1. The van der Waals surface area contributed by atoms with Crippen molar-refractivity contribution in [2.24, 2.45) is 16.9 Å². The SMILES string of the molecule is CC(C)(N)C(C)(C)C(=O)NC(Cc1c[nH]c2ccc(O)cc12)C(=O)NCC(=O)N[C@@H](Cc1cccnc1)C(=O)N[C@H](Cc1c[nH]c2ccccc12)C(N)=O. The lowest BCUT2D eigenvalue weighted by Crippen LogP contribution is -2.60. The van der Waals surface area contributed by atoms with Crippen LogP contribution in [0.5, 0.6) is 5.75 Å². The highest BCUT2D eigenvalue weighted by molar-refractivity contribution is 5.96. The molecule has 0 aliphatic carbocycles. The molecule has 5 aromatic rings. The van der Waals surface area contributed by atoms with Gasteiger partial charge >= 0.3 is 0 Å². The van der Waals surface area contributed by atoms with Crippen molar-refractivity contribution in [2.75, 3.05) is 6.54 Å². The number of aromatic nitrogens is 3. The quantitative estimate of drug-likeness (QED) is 0.0718. The number of fused-ring (bicyclic) bond motifs is 2. The van der Waals surface area contributed by atoms with E-state index in [2.05, 4.69) is 36.2 Å². The monoisotopic (exact) mass is 737 g/mol. The van der Waals surface area contributed by atoms with Crippen LogP contribution in [0.3, 0.4) is 0 Å². The number of para-hydroxylation sites is 1. The van der Waals surface area contributed by atoms with Crippen LogP contribution in [0.4, 0.5) is 0 Å². The summed E-state index contributed by atoms with van der Waals surface area (Å²) >= 11 is 0. The van der Waals surface area contributed by atoms with Crippen molar-refractivity contribution in [3.8, 4) is 5.75 Å². The van der Waals surface area contributed by atoms with Crippen LogP contribution in [0.15, 0.2) is 79.4 Å². The third kappa shape index (κ3) is 9.22. The number of nitrogens with one attached hydrogen (secondary N) is 6. The van der Waals surface area contributed by atoms with Crippen LogP contribution in [0.2, 0.25) is 0 Å². The molecular weight excluding hydrogens is 690 g/mol. The van der Waals surface area contributed by atoms with Crippen LogP contribution >= 0.6 is 0 Å². The second kappa shape index (κ2) is 16.2. The number of carbonyl (C=O) groups is 5. The van der Waals surface area contributed by atoms with Gasteiger partial charge in [-0.1, -0.05) is 24.3 Å². The fourth-order valence-electron chi connectivity index (χ4n) is 5.91. The van der Waals surface area contributed by atoms with E-state index in [0.29, 0.717) is 22.0 Å². The minimum atomic E-state index is -1.18. The van der Waals surface area contributed by atoms with Gasteiger partial charge in [0.2, 0.25) is 29.5 Å². The van der Waals surface area contributed by atoms with Gasteiger partial charge in [-0.05, 0) is 74.7 Å². The number of nitrogens with two attached hydrogens (primary N) is 2. The van der Waals surface area contributed by atoms with Gasteiger partial charge in [-0.2, -0.15) is 0 Å². The lowest BCUT2D eigenvalue weighted by atomic mass is 9.74. The summed E-state index contributed by atoms with van der Waals surface area (Å²) in [5.74, 6) is -3.24. The summed E-state index contributed by atoms with van der Waals surface area (Å²) in [7, 11) is 0. The Hall–Kier alpha value is -6.22. The molecule has 0 radical (unpaired) electrons. The van der Waals surface area contributed by atoms with Crippen molar-refractivity contribution in [1.82, 2.24) is 36.2 Å². The minimum absolute atomic E-state index is 0.0146. The van der Waals surface area contributed by atoms with Crippen LogP contribution in [-0.4, -0.2) is 79.8 Å². The first-order chi connectivity index (χ1) is 25.5. The normalized spacial score (nSPS) is 13.5. The predicted octanol–water partition coefficient (Wildman–Crippen LogP) is 1.60. The van der Waals surface area contributed by atoms with Gasteiger partial charge in [0.15, 0.2) is 0 Å². The summed E-state index contributed by atoms with van der Waals surface area (Å²) in [6.07, 6.45) is 6.69. The van der Waals surface area contributed by atoms with Gasteiger partial charge in [0.1, 0.15) is 23.9 Å². The number of rotatable bonds is 16. The molecule has 2 aromatic carbocycles. The van der Waals surface area contributed by atoms with Crippen molar-refractivity contribution < 1.29 is 29.1 Å². The zero-order valence-electron chi connectivity index (χ0n) is 30.7. The Balaban J connectivity index is 1.31. The van der Waals surface area contributed by atoms with Crippen molar-refractivity contribution in [3.63, 3.8) is 0 Å². The van der Waals surface area contributed by atoms with Crippen LogP contribution in [0, 0.1) is 5.41 Å². The Labute approximate surface area is 312 Å². The van der Waals surface area contributed by atoms with Gasteiger partial charge in [0.05, 0.1) is 12.0 Å². The first-order valence-electron chi connectivity index (χ1n) is 17.5. The molecule has 11 N–H and O–H groups in total. The average molecular weight is 738 g/mol. The Morgan fingerprint density at radius 2 is 1.43 bits per heavy atom. The van der Waals surface area contributed by atoms with Crippen LogP contribution in [0.25, 0.3) is 21.8 Å². The second-order valence-electron chi connectivity index (χ2n) is 14.6. The fourth-order valence-corrected chi connectivity index (χ4v) is 5.91. The zero-order chi connectivity index (χ0) is 39.2. The second-order valence-corrected chi connectivity index (χ2v) is 14.6. The van der Waals surface area contributed by atoms with E-state index in [9.17, 15) is 29.1 Å². The van der Waals surface area contributed by atoms with Gasteiger partial charge in [0, 0.05) is 71.4 Å². The highest BCUT2D eigenvalue weighted by Gasteiger charge is 2.42. The molecule has 0 aliphatic rings. The molecular formula is C39H47N9O6. The standard InChI is InChI=1S/C39H47N9O6/c1-38(2,39(3,4)41)37(54)48-32(16-24-20-44-29-12-11-25(49)17-27(24)29)35(52)45-21-33(50)46-31(14-22-8-7-13-42-18-22)36(53)47-30(34(40)51)15-23-19-43-28-10-6-5-9-26(23)28/h5-13,17-20,30-32,43-44,49H,14-16,21,41H2,1-4H3,(H2,40,51)(H,45,52)(H,46,50)(H,47,53)(H,48,54)/t30-,31+,32?/m1/s1. The topological polar surface area (TPSA) is 250 Å². The summed E-state index contributed by atoms with van der Waals surface area (Å²) in [5.41, 5.74) is 13.6. The van der Waals surface area contributed by atoms with Crippen molar-refractivity contribution >= 4 is 51.3 Å². The minimum Gasteiger partial charge on any atom is -0.508 e. The fraction of sp³-hybridized carbons (Fsp3) is 0.333. The van der Waals surface area contributed by atoms with Gasteiger partial charge in [-0.25, -0.2) is 0 Å². The van der Waals surface area contributed by atoms with E-state index in [1.54, 1.807) is 76.7 Å². The molecule has 0 saturated carbocycles. The number of nitrogens with zero attached hydrogens (tertiary/aromatic N) is 1. The number of phenols is 1. The van der Waals surface area contributed by atoms with E-state index in [-0.39, 0.29) is 25.0 Å². The number of carbonyl (C=O) groups excluding carboxylic acids is 5. The summed E-state index contributed by atoms with van der Waals surface area (Å²) in [5, 5.41) is 22.4. The third-order valence-electron chi connectivity index (χ3n) is 9.97. The van der Waals surface area contributed by atoms with E-state index in [1.807, 2.05) is 24.3 Å². The van der Waals surface area contributed by atoms with Gasteiger partial charge in [-0.15, -0.1) is 0 Å². The summed E-state index contributed by atoms with van der Waals surface area (Å²) in [6.45, 7) is 6.22. The number of benzene rings is 2. The summed E-state index contributed by atoms with van der Waals surface area (Å²) in [4.78, 5) is 77.2. The number of hydrogen-bond donors (Lipinski definition) is 9. The zero-order valence-corrected chi connectivity index (χ0v) is 30.7. The molecule has 0 bridgehead atoms. The molecule has 0 fully saturated rings. The number of H-pyrrole nitrogens is 2. The van der Waals surface area contributed by atoms with E-state index < -0.39 is 65.2 Å². The molecule has 3 aromatic heterocycles. The highest BCUT2D eigenvalue weighted by atomic mass is 16.3. The summed E-state index contributed by atoms with van der Waals surface area (Å²) in [6, 6.07) is 12.3. The third-order valence-corrected chi connectivity index (χ3v) is 9.97. The molecule has 284 valence electrons. The van der Waals surface area contributed by atoms with E-state index in [0.717, 1.165) is 16.5 Å². The maximum atomic E-state index is 13.7. The van der Waals surface area contributed by atoms with Gasteiger partial charge in [0.25, 0.3) is 0 Å². The highest BCUT2D eigenvalue weighted by Crippen LogP contribution is 2.29. The van der Waals surface area contributed by atoms with Crippen molar-refractivity contribution in [2.45, 2.75) is 70.6 Å². The Kier molecular flexibility index (Phi) is 11.7. The molecule has 0 saturated heterocycles. The molecule has 0 aliphatic heterocycles. The largest absolute Gasteiger partial charge is 0.508 e. The molecule has 15 heteroatoms. The Bertz CT molecular complexity index is 2150. The average Bonchev–Trinajstić information content (AvgIpc) is 3.72. The molecule has 3 atom stereocenters. The van der Waals surface area contributed by atoms with Crippen molar-refractivity contribution in [1.29, 1.82) is 0 Å². The predicted molar refractivity (Wildman–Crippen MR) is 204 cm³/mol. The number of aromatic amines is 2. The Morgan fingerprint density at radius 1 is 0.778 bits per heavy atom. The molecule has 5 amide bonds. The maximum absolute atomic E-state index is 13.7. The lowest BCUT2D eigenvalue weighted by molar-refractivity contribution is -0.136. The van der Waals surface area contributed by atoms with E-state index >= 15 is 0 Å². The Morgan fingerprint density at radius 3 is 2.09 bits per heavy atom. The van der Waals surface area contributed by atoms with Crippen LogP contribution in [0.1, 0.15) is 44.4 Å². The molecule has 54 heavy (non-hydrogen) atoms. The van der Waals surface area contributed by atoms with Gasteiger partial charge < -0.3 is 47.8 Å². The number of hydrogen-bond acceptors (Lipinski definition) is 8. The first-order valence-corrected chi connectivity index (χ1v) is 17.5. The van der Waals surface area contributed by atoms with Crippen molar-refractivity contribution in [3.05, 3.63) is 96.1 Å². The number of phenolic OH excluding ortho intramolecular Hbond substituents is 1. The van der Waals surface area contributed by atoms with Crippen LogP contribution < -0.4 is 32.7 Å². The molecule has 3 heterocycles. The number of amides is 5. The van der Waals surface area contributed by atoms with E-state index in [1.165, 1.54) is 6.07 Å².